The second-order valence-electron chi connectivity index (χ2n) is 6.15. The molecule has 1 aromatic heterocycles. The predicted molar refractivity (Wildman–Crippen MR) is 81.9 cm³/mol. The van der Waals surface area contributed by atoms with Crippen molar-refractivity contribution >= 4 is 11.7 Å². The number of alkyl halides is 2. The number of carbonyl (C=O) groups excluding carboxylic acids is 1. The molecule has 3 N–H and O–H groups in total. The van der Waals surface area contributed by atoms with Crippen LogP contribution < -0.4 is 10.6 Å². The summed E-state index contributed by atoms with van der Waals surface area (Å²) in [6.45, 7) is 0.314. The molecular formula is C15H20F2N4O3. The molecule has 0 radical (unpaired) electrons. The quantitative estimate of drug-likeness (QED) is 0.749. The van der Waals surface area contributed by atoms with Gasteiger partial charge >= 0.3 is 6.03 Å². The second-order valence-corrected chi connectivity index (χ2v) is 6.15. The highest BCUT2D eigenvalue weighted by atomic mass is 19.3. The molecule has 3 rings (SSSR count). The summed E-state index contributed by atoms with van der Waals surface area (Å²) in [7, 11) is 0. The van der Waals surface area contributed by atoms with Crippen molar-refractivity contribution in [2.24, 2.45) is 0 Å². The fourth-order valence-corrected chi connectivity index (χ4v) is 2.96. The highest BCUT2D eigenvalue weighted by Gasteiger charge is 2.42. The zero-order valence-corrected chi connectivity index (χ0v) is 13.0. The minimum atomic E-state index is -2.68. The van der Waals surface area contributed by atoms with Crippen LogP contribution in [0, 0.1) is 0 Å². The number of aliphatic hydroxyl groups excluding tert-OH is 1. The molecule has 9 heteroatoms. The minimum absolute atomic E-state index is 0.135. The van der Waals surface area contributed by atoms with E-state index in [9.17, 15) is 18.7 Å². The summed E-state index contributed by atoms with van der Waals surface area (Å²) in [6.07, 6.45) is 1.37. The fraction of sp³-hybridized carbons (Fsp3) is 0.600. The van der Waals surface area contributed by atoms with Gasteiger partial charge in [-0.1, -0.05) is 0 Å². The Hall–Kier alpha value is -1.84. The molecule has 0 bridgehead atoms. The third kappa shape index (κ3) is 4.16. The summed E-state index contributed by atoms with van der Waals surface area (Å²) >= 11 is 0. The maximum atomic E-state index is 13.2. The van der Waals surface area contributed by atoms with Crippen molar-refractivity contribution in [3.05, 3.63) is 24.5 Å². The summed E-state index contributed by atoms with van der Waals surface area (Å²) in [5.41, 5.74) is 0.527. The number of rotatable bonds is 4. The first kappa shape index (κ1) is 17.0. The average Bonchev–Trinajstić information content (AvgIpc) is 3.05. The number of halogens is 2. The van der Waals surface area contributed by atoms with Gasteiger partial charge in [0, 0.05) is 25.7 Å². The third-order valence-electron chi connectivity index (χ3n) is 4.21. The van der Waals surface area contributed by atoms with Crippen LogP contribution in [0.4, 0.5) is 19.3 Å². The Morgan fingerprint density at radius 3 is 3.04 bits per heavy atom. The molecule has 0 unspecified atom stereocenters. The third-order valence-corrected chi connectivity index (χ3v) is 4.21. The number of hydrogen-bond acceptors (Lipinski definition) is 5. The lowest BCUT2D eigenvalue weighted by Gasteiger charge is -2.23. The van der Waals surface area contributed by atoms with Crippen molar-refractivity contribution in [3.63, 3.8) is 0 Å². The van der Waals surface area contributed by atoms with Crippen LogP contribution in [-0.2, 0) is 4.74 Å². The van der Waals surface area contributed by atoms with Crippen LogP contribution in [0.1, 0.15) is 6.42 Å². The van der Waals surface area contributed by atoms with E-state index in [1.54, 1.807) is 23.2 Å². The Balaban J connectivity index is 1.47. The Bertz CT molecular complexity index is 575. The molecule has 2 aliphatic heterocycles. The van der Waals surface area contributed by atoms with Gasteiger partial charge in [-0.3, -0.25) is 9.88 Å². The topological polar surface area (TPSA) is 86.7 Å². The zero-order chi connectivity index (χ0) is 17.2. The number of hydrogen-bond donors (Lipinski definition) is 3. The first-order valence-corrected chi connectivity index (χ1v) is 7.80. The minimum Gasteiger partial charge on any atom is -0.388 e. The van der Waals surface area contributed by atoms with Crippen LogP contribution in [0.3, 0.4) is 0 Å². The molecule has 0 aromatic carbocycles. The van der Waals surface area contributed by atoms with Gasteiger partial charge in [0.2, 0.25) is 0 Å². The molecule has 0 spiro atoms. The van der Waals surface area contributed by atoms with Gasteiger partial charge in [-0.25, -0.2) is 13.6 Å². The Labute approximate surface area is 138 Å². The van der Waals surface area contributed by atoms with Crippen molar-refractivity contribution in [1.82, 2.24) is 15.2 Å². The van der Waals surface area contributed by atoms with Crippen LogP contribution in [0.5, 0.6) is 0 Å². The van der Waals surface area contributed by atoms with Crippen LogP contribution in [-0.4, -0.2) is 71.4 Å². The maximum absolute atomic E-state index is 13.2. The number of urea groups is 1. The number of anilines is 1. The lowest BCUT2D eigenvalue weighted by Crippen LogP contribution is -2.48. The highest BCUT2D eigenvalue weighted by molar-refractivity contribution is 5.89. The normalized spacial score (nSPS) is 29.5. The number of carbonyl (C=O) groups is 1. The fourth-order valence-electron chi connectivity index (χ4n) is 2.96. The standard InChI is InChI=1S/C15H20F2N4O3/c16-15(17)3-5-21(9-15)7-12-13(22)11(8-24-12)20-14(23)19-10-2-1-4-18-6-10/h1-2,4,6,11-13,22H,3,5,7-9H2,(H2,19,20,23)/t11-,12-,13+/m0/s1. The van der Waals surface area contributed by atoms with Crippen molar-refractivity contribution in [2.75, 3.05) is 31.6 Å². The summed E-state index contributed by atoms with van der Waals surface area (Å²) in [4.78, 5) is 17.4. The summed E-state index contributed by atoms with van der Waals surface area (Å²) in [5, 5.41) is 15.5. The molecule has 24 heavy (non-hydrogen) atoms. The lowest BCUT2D eigenvalue weighted by molar-refractivity contribution is -0.00727. The summed E-state index contributed by atoms with van der Waals surface area (Å²) in [6, 6.07) is 2.30. The molecule has 2 fully saturated rings. The second kappa shape index (κ2) is 6.96. The smallest absolute Gasteiger partial charge is 0.319 e. The number of amides is 2. The molecular weight excluding hydrogens is 322 g/mol. The van der Waals surface area contributed by atoms with E-state index >= 15 is 0 Å². The molecule has 3 heterocycles. The van der Waals surface area contributed by atoms with Gasteiger partial charge in [0.15, 0.2) is 0 Å². The van der Waals surface area contributed by atoms with Gasteiger partial charge < -0.3 is 20.5 Å². The van der Waals surface area contributed by atoms with Crippen molar-refractivity contribution < 1.29 is 23.4 Å². The molecule has 0 aliphatic carbocycles. The van der Waals surface area contributed by atoms with E-state index < -0.39 is 30.2 Å². The largest absolute Gasteiger partial charge is 0.388 e. The molecule has 0 saturated carbocycles. The molecule has 3 atom stereocenters. The van der Waals surface area contributed by atoms with Gasteiger partial charge in [-0.05, 0) is 12.1 Å². The van der Waals surface area contributed by atoms with Gasteiger partial charge in [-0.15, -0.1) is 0 Å². The van der Waals surface area contributed by atoms with E-state index in [0.717, 1.165) is 0 Å². The predicted octanol–water partition coefficient (Wildman–Crippen LogP) is 0.672. The number of aromatic nitrogens is 1. The number of aliphatic hydroxyl groups is 1. The van der Waals surface area contributed by atoms with Crippen LogP contribution in [0.25, 0.3) is 0 Å². The van der Waals surface area contributed by atoms with E-state index in [4.69, 9.17) is 4.74 Å². The van der Waals surface area contributed by atoms with Crippen molar-refractivity contribution in [1.29, 1.82) is 0 Å². The van der Waals surface area contributed by atoms with Gasteiger partial charge in [0.05, 0.1) is 37.2 Å². The van der Waals surface area contributed by atoms with Crippen molar-refractivity contribution in [2.45, 2.75) is 30.6 Å². The van der Waals surface area contributed by atoms with Crippen LogP contribution in [0.15, 0.2) is 24.5 Å². The van der Waals surface area contributed by atoms with Gasteiger partial charge in [-0.2, -0.15) is 0 Å². The number of ether oxygens (including phenoxy) is 1. The van der Waals surface area contributed by atoms with E-state index in [2.05, 4.69) is 15.6 Å². The number of pyridine rings is 1. The SMILES string of the molecule is O=C(Nc1cccnc1)N[C@H]1CO[C@@H](CN2CCC(F)(F)C2)[C@@H]1O. The molecule has 2 saturated heterocycles. The summed E-state index contributed by atoms with van der Waals surface area (Å²) in [5.74, 6) is -2.68. The Kier molecular flexibility index (Phi) is 4.93. The first-order valence-electron chi connectivity index (χ1n) is 7.80. The van der Waals surface area contributed by atoms with E-state index in [0.29, 0.717) is 5.69 Å². The van der Waals surface area contributed by atoms with E-state index in [-0.39, 0.29) is 32.7 Å². The van der Waals surface area contributed by atoms with Gasteiger partial charge in [0.25, 0.3) is 5.92 Å². The van der Waals surface area contributed by atoms with Crippen LogP contribution >= 0.6 is 0 Å². The molecule has 1 aromatic rings. The number of likely N-dealkylation sites (tertiary alicyclic amines) is 1. The first-order chi connectivity index (χ1) is 11.4. The van der Waals surface area contributed by atoms with Crippen molar-refractivity contribution in [3.8, 4) is 0 Å². The maximum Gasteiger partial charge on any atom is 0.319 e. The Morgan fingerprint density at radius 1 is 1.54 bits per heavy atom. The average molecular weight is 342 g/mol. The van der Waals surface area contributed by atoms with E-state index in [1.807, 2.05) is 0 Å². The monoisotopic (exact) mass is 342 g/mol. The number of nitrogens with zero attached hydrogens (tertiary/aromatic N) is 2. The van der Waals surface area contributed by atoms with Crippen LogP contribution in [0.2, 0.25) is 0 Å². The highest BCUT2D eigenvalue weighted by Crippen LogP contribution is 2.28. The molecule has 2 amide bonds. The number of nitrogens with one attached hydrogen (secondary N) is 2. The lowest BCUT2D eigenvalue weighted by atomic mass is 10.1. The zero-order valence-electron chi connectivity index (χ0n) is 13.0. The molecule has 7 nitrogen and oxygen atoms in total. The molecule has 132 valence electrons. The van der Waals surface area contributed by atoms with E-state index in [1.165, 1.54) is 6.20 Å². The van der Waals surface area contributed by atoms with Gasteiger partial charge in [0.1, 0.15) is 6.10 Å². The molecule has 2 aliphatic rings. The summed E-state index contributed by atoms with van der Waals surface area (Å²) < 4.78 is 31.9. The Morgan fingerprint density at radius 2 is 2.38 bits per heavy atom.